The molecule has 2 aromatic heterocycles. The number of carbonyl (C=O) groups excluding carboxylic acids is 1. The summed E-state index contributed by atoms with van der Waals surface area (Å²) in [4.78, 5) is 36.7. The maximum Gasteiger partial charge on any atom is 0.328 e. The maximum atomic E-state index is 11.6. The smallest absolute Gasteiger partial charge is 0.295 e. The Bertz CT molecular complexity index is 733. The second-order valence-corrected chi connectivity index (χ2v) is 4.94. The Hall–Kier alpha value is -1.90. The fraction of sp³-hybridized carbons (Fsp3) is 0.100. The summed E-state index contributed by atoms with van der Waals surface area (Å²) in [6.45, 7) is 0.113. The highest BCUT2D eigenvalue weighted by molar-refractivity contribution is 7.12. The molecule has 0 fully saturated rings. The van der Waals surface area contributed by atoms with E-state index in [1.54, 1.807) is 11.4 Å². The Morgan fingerprint density at radius 1 is 1.53 bits per heavy atom. The fourth-order valence-electron chi connectivity index (χ4n) is 1.51. The summed E-state index contributed by atoms with van der Waals surface area (Å²) in [6.07, 6.45) is 1.23. The summed E-state index contributed by atoms with van der Waals surface area (Å²) in [5.41, 5.74) is 1.40. The van der Waals surface area contributed by atoms with Crippen molar-refractivity contribution in [3.8, 4) is 0 Å². The van der Waals surface area contributed by atoms with Crippen LogP contribution in [0, 0.1) is 0 Å². The molecule has 0 bridgehead atoms. The fourth-order valence-corrected chi connectivity index (χ4v) is 2.49. The van der Waals surface area contributed by atoms with Gasteiger partial charge >= 0.3 is 5.69 Å². The van der Waals surface area contributed by atoms with Crippen LogP contribution in [-0.2, 0) is 6.54 Å². The zero-order chi connectivity index (χ0) is 14.0. The second kappa shape index (κ2) is 5.39. The van der Waals surface area contributed by atoms with Gasteiger partial charge in [0.15, 0.2) is 0 Å². The van der Waals surface area contributed by atoms with Gasteiger partial charge in [0.05, 0.1) is 11.4 Å². The predicted molar refractivity (Wildman–Crippen MR) is 71.4 cm³/mol. The number of nitrogen functional groups attached to an aromatic ring is 1. The molecule has 0 aliphatic carbocycles. The lowest BCUT2D eigenvalue weighted by atomic mass is 10.2. The number of amides is 1. The number of rotatable bonds is 3. The van der Waals surface area contributed by atoms with Crippen LogP contribution in [0.2, 0.25) is 5.02 Å². The van der Waals surface area contributed by atoms with Crippen LogP contribution >= 0.6 is 22.9 Å². The molecule has 0 aliphatic heterocycles. The molecule has 2 rings (SSSR count). The lowest BCUT2D eigenvalue weighted by molar-refractivity contribution is 0.0956. The summed E-state index contributed by atoms with van der Waals surface area (Å²) in [5.74, 6) is 4.63. The Balaban J connectivity index is 2.40. The molecule has 0 aliphatic rings. The molecule has 0 unspecified atom stereocenters. The van der Waals surface area contributed by atoms with Crippen LogP contribution in [0.3, 0.4) is 0 Å². The minimum Gasteiger partial charge on any atom is -0.295 e. The van der Waals surface area contributed by atoms with Crippen molar-refractivity contribution in [1.82, 2.24) is 15.0 Å². The Morgan fingerprint density at radius 3 is 2.95 bits per heavy atom. The summed E-state index contributed by atoms with van der Waals surface area (Å²) >= 11 is 6.86. The second-order valence-electron chi connectivity index (χ2n) is 3.61. The van der Waals surface area contributed by atoms with Gasteiger partial charge in [0.1, 0.15) is 5.02 Å². The molecule has 2 heterocycles. The quantitative estimate of drug-likeness (QED) is 0.418. The highest BCUT2D eigenvalue weighted by Gasteiger charge is 2.13. The van der Waals surface area contributed by atoms with Crippen molar-refractivity contribution >= 4 is 28.8 Å². The molecule has 100 valence electrons. The van der Waals surface area contributed by atoms with E-state index in [9.17, 15) is 14.4 Å². The summed E-state index contributed by atoms with van der Waals surface area (Å²) in [5, 5.41) is 1.61. The molecule has 19 heavy (non-hydrogen) atoms. The number of hydrogen-bond donors (Lipinski definition) is 3. The first-order valence-electron chi connectivity index (χ1n) is 5.09. The van der Waals surface area contributed by atoms with E-state index in [2.05, 4.69) is 4.98 Å². The Labute approximate surface area is 115 Å². The number of H-pyrrole nitrogens is 1. The van der Waals surface area contributed by atoms with Gasteiger partial charge in [0.2, 0.25) is 0 Å². The minimum absolute atomic E-state index is 0.0975. The third-order valence-electron chi connectivity index (χ3n) is 2.39. The first kappa shape index (κ1) is 13.5. The number of halogens is 1. The van der Waals surface area contributed by atoms with Crippen molar-refractivity contribution in [1.29, 1.82) is 0 Å². The molecule has 4 N–H and O–H groups in total. The molecule has 0 atom stereocenters. The topological polar surface area (TPSA) is 110 Å². The van der Waals surface area contributed by atoms with E-state index in [0.29, 0.717) is 10.4 Å². The third kappa shape index (κ3) is 2.75. The van der Waals surface area contributed by atoms with Crippen LogP contribution in [-0.4, -0.2) is 15.5 Å². The lowest BCUT2D eigenvalue weighted by Crippen LogP contribution is -2.32. The summed E-state index contributed by atoms with van der Waals surface area (Å²) in [7, 11) is 0. The number of nitrogens with two attached hydrogens (primary N) is 1. The van der Waals surface area contributed by atoms with Crippen molar-refractivity contribution in [2.24, 2.45) is 5.84 Å². The number of hydrazine groups is 1. The van der Waals surface area contributed by atoms with Gasteiger partial charge in [-0.2, -0.15) is 0 Å². The van der Waals surface area contributed by atoms with E-state index in [-0.39, 0.29) is 11.6 Å². The molecule has 7 nitrogen and oxygen atoms in total. The SMILES string of the molecule is NNC(=O)c1sccc1Cn1cc(Cl)c(=O)[nH]c1=O. The third-order valence-corrected chi connectivity index (χ3v) is 3.62. The monoisotopic (exact) mass is 300 g/mol. The van der Waals surface area contributed by atoms with Crippen LogP contribution in [0.25, 0.3) is 0 Å². The highest BCUT2D eigenvalue weighted by atomic mass is 35.5. The number of aromatic amines is 1. The normalized spacial score (nSPS) is 10.4. The van der Waals surface area contributed by atoms with E-state index < -0.39 is 17.2 Å². The van der Waals surface area contributed by atoms with Gasteiger partial charge in [0, 0.05) is 6.20 Å². The van der Waals surface area contributed by atoms with Crippen LogP contribution in [0.4, 0.5) is 0 Å². The summed E-state index contributed by atoms with van der Waals surface area (Å²) in [6, 6.07) is 1.70. The first-order valence-corrected chi connectivity index (χ1v) is 6.35. The van der Waals surface area contributed by atoms with Gasteiger partial charge in [-0.3, -0.25) is 24.6 Å². The van der Waals surface area contributed by atoms with Crippen molar-refractivity contribution in [3.05, 3.63) is 53.9 Å². The van der Waals surface area contributed by atoms with Crippen LogP contribution in [0.1, 0.15) is 15.2 Å². The molecule has 0 aromatic carbocycles. The highest BCUT2D eigenvalue weighted by Crippen LogP contribution is 2.17. The number of hydrogen-bond acceptors (Lipinski definition) is 5. The molecule has 1 amide bonds. The van der Waals surface area contributed by atoms with Crippen LogP contribution in [0.15, 0.2) is 27.2 Å². The van der Waals surface area contributed by atoms with Crippen molar-refractivity contribution in [2.45, 2.75) is 6.54 Å². The van der Waals surface area contributed by atoms with Gasteiger partial charge in [-0.05, 0) is 17.0 Å². The van der Waals surface area contributed by atoms with E-state index in [4.69, 9.17) is 17.4 Å². The van der Waals surface area contributed by atoms with Crippen molar-refractivity contribution in [2.75, 3.05) is 0 Å². The van der Waals surface area contributed by atoms with E-state index in [0.717, 1.165) is 0 Å². The lowest BCUT2D eigenvalue weighted by Gasteiger charge is -2.06. The molecule has 0 radical (unpaired) electrons. The molecule has 0 saturated heterocycles. The number of carbonyl (C=O) groups is 1. The van der Waals surface area contributed by atoms with Gasteiger partial charge < -0.3 is 0 Å². The van der Waals surface area contributed by atoms with E-state index >= 15 is 0 Å². The van der Waals surface area contributed by atoms with Gasteiger partial charge in [-0.25, -0.2) is 10.6 Å². The number of nitrogens with zero attached hydrogens (tertiary/aromatic N) is 1. The Kier molecular flexibility index (Phi) is 3.84. The molecule has 9 heteroatoms. The van der Waals surface area contributed by atoms with Gasteiger partial charge in [0.25, 0.3) is 11.5 Å². The zero-order valence-electron chi connectivity index (χ0n) is 9.47. The first-order chi connectivity index (χ1) is 9.02. The number of nitrogens with one attached hydrogen (secondary N) is 2. The van der Waals surface area contributed by atoms with Crippen LogP contribution in [0.5, 0.6) is 0 Å². The molecule has 0 saturated carbocycles. The van der Waals surface area contributed by atoms with Crippen molar-refractivity contribution < 1.29 is 4.79 Å². The van der Waals surface area contributed by atoms with Crippen LogP contribution < -0.4 is 22.5 Å². The number of thiophene rings is 1. The zero-order valence-corrected chi connectivity index (χ0v) is 11.0. The molecule has 2 aromatic rings. The number of aromatic nitrogens is 2. The average Bonchev–Trinajstić information content (AvgIpc) is 2.83. The van der Waals surface area contributed by atoms with E-state index in [1.807, 2.05) is 5.43 Å². The molecular weight excluding hydrogens is 292 g/mol. The average molecular weight is 301 g/mol. The van der Waals surface area contributed by atoms with Gasteiger partial charge in [-0.1, -0.05) is 11.6 Å². The van der Waals surface area contributed by atoms with Gasteiger partial charge in [-0.15, -0.1) is 11.3 Å². The summed E-state index contributed by atoms with van der Waals surface area (Å²) < 4.78 is 1.21. The van der Waals surface area contributed by atoms with E-state index in [1.165, 1.54) is 22.1 Å². The minimum atomic E-state index is -0.645. The molecule has 0 spiro atoms. The van der Waals surface area contributed by atoms with Crippen molar-refractivity contribution in [3.63, 3.8) is 0 Å². The maximum absolute atomic E-state index is 11.6. The predicted octanol–water partition coefficient (Wildman–Crippen LogP) is -0.0967. The Morgan fingerprint density at radius 2 is 2.26 bits per heavy atom. The standard InChI is InChI=1S/C10H9ClN4O3S/c11-6-4-15(10(18)13-8(6)16)3-5-1-2-19-7(5)9(17)14-12/h1-2,4H,3,12H2,(H,14,17)(H,13,16,18). The molecular formula is C10H9ClN4O3S. The largest absolute Gasteiger partial charge is 0.328 e.